The molecule has 1 saturated carbocycles. The maximum atomic E-state index is 13.2. The lowest BCUT2D eigenvalue weighted by molar-refractivity contribution is -0.142. The van der Waals surface area contributed by atoms with Crippen molar-refractivity contribution in [2.45, 2.75) is 75.5 Å². The van der Waals surface area contributed by atoms with Crippen LogP contribution < -0.4 is 11.1 Å². The zero-order valence-electron chi connectivity index (χ0n) is 26.9. The average Bonchev–Trinajstić information content (AvgIpc) is 3.87. The van der Waals surface area contributed by atoms with Gasteiger partial charge in [-0.1, -0.05) is 30.3 Å². The van der Waals surface area contributed by atoms with Crippen molar-refractivity contribution in [2.75, 3.05) is 13.1 Å². The quantitative estimate of drug-likeness (QED) is 0.264. The second kappa shape index (κ2) is 14.6. The summed E-state index contributed by atoms with van der Waals surface area (Å²) in [6.07, 6.45) is 4.65. The van der Waals surface area contributed by atoms with Crippen LogP contribution in [0.25, 0.3) is 0 Å². The Labute approximate surface area is 281 Å². The van der Waals surface area contributed by atoms with Crippen molar-refractivity contribution in [3.05, 3.63) is 113 Å². The summed E-state index contributed by atoms with van der Waals surface area (Å²) in [6, 6.07) is 18.1. The number of hydrogen-bond acceptors (Lipinski definition) is 6. The predicted octanol–water partition coefficient (Wildman–Crippen LogP) is 5.57. The standard InChI is InChI=1S/C30H32F3N5O2.C6H6N2O/c31-30(32,33)27-17-26(21-8-9-21)38(36-27)18-28(39)37-14-11-19(12-15-37)22-10-13-34-25(16-22)29(40)35-24-7-3-5-20-4-1-2-6-23(20)24;7-6(9)5-3-1-2-4-8-5/h1-2,4,6,10,13,16-17,19,21,24H,3,5,7-9,11-12,14-15,18H2,(H,35,40);1-4H,(H2,7,9). The van der Waals surface area contributed by atoms with Gasteiger partial charge in [-0.2, -0.15) is 18.3 Å². The predicted molar refractivity (Wildman–Crippen MR) is 174 cm³/mol. The van der Waals surface area contributed by atoms with Gasteiger partial charge in [0.15, 0.2) is 5.69 Å². The van der Waals surface area contributed by atoms with E-state index >= 15 is 0 Å². The zero-order valence-corrected chi connectivity index (χ0v) is 26.9. The van der Waals surface area contributed by atoms with Gasteiger partial charge in [-0.05, 0) is 97.9 Å². The minimum Gasteiger partial charge on any atom is -0.364 e. The monoisotopic (exact) mass is 673 g/mol. The fourth-order valence-electron chi connectivity index (χ4n) is 6.56. The molecule has 3 N–H and O–H groups in total. The molecule has 13 heteroatoms. The molecule has 4 aromatic rings. The third kappa shape index (κ3) is 8.33. The summed E-state index contributed by atoms with van der Waals surface area (Å²) in [6.45, 7) is 0.813. The molecular formula is C36H38F3N7O3. The van der Waals surface area contributed by atoms with Crippen molar-refractivity contribution < 1.29 is 27.6 Å². The molecule has 7 rings (SSSR count). The summed E-state index contributed by atoms with van der Waals surface area (Å²) >= 11 is 0. The molecular weight excluding hydrogens is 635 g/mol. The number of carbonyl (C=O) groups excluding carboxylic acids is 3. The fourth-order valence-corrected chi connectivity index (χ4v) is 6.56. The van der Waals surface area contributed by atoms with Crippen LogP contribution in [0.3, 0.4) is 0 Å². The van der Waals surface area contributed by atoms with Crippen LogP contribution in [-0.2, 0) is 23.9 Å². The van der Waals surface area contributed by atoms with Crippen molar-refractivity contribution in [1.29, 1.82) is 0 Å². The molecule has 1 saturated heterocycles. The van der Waals surface area contributed by atoms with Gasteiger partial charge >= 0.3 is 6.18 Å². The van der Waals surface area contributed by atoms with Gasteiger partial charge in [0.05, 0.1) is 6.04 Å². The molecule has 3 amide bonds. The lowest BCUT2D eigenvalue weighted by Crippen LogP contribution is -2.40. The maximum absolute atomic E-state index is 13.2. The molecule has 1 unspecified atom stereocenters. The highest BCUT2D eigenvalue weighted by Crippen LogP contribution is 2.42. The SMILES string of the molecule is NC(=O)c1ccccn1.O=C(NC1CCCc2ccccc21)c1cc(C2CCN(C(=O)Cn3nc(C(F)(F)F)cc3C3CC3)CC2)ccn1. The number of nitrogens with zero attached hydrogens (tertiary/aromatic N) is 5. The number of alkyl halides is 3. The molecule has 3 aliphatic rings. The first-order chi connectivity index (χ1) is 23.6. The van der Waals surface area contributed by atoms with Crippen LogP contribution in [-0.4, -0.2) is 55.5 Å². The number of pyridine rings is 2. The third-order valence-corrected chi connectivity index (χ3v) is 9.31. The zero-order chi connectivity index (χ0) is 34.5. The minimum absolute atomic E-state index is 0.0282. The molecule has 4 heterocycles. The number of nitrogens with one attached hydrogen (secondary N) is 1. The molecule has 3 aromatic heterocycles. The Hall–Kier alpha value is -5.07. The molecule has 49 heavy (non-hydrogen) atoms. The summed E-state index contributed by atoms with van der Waals surface area (Å²) in [5, 5.41) is 6.88. The highest BCUT2D eigenvalue weighted by atomic mass is 19.4. The van der Waals surface area contributed by atoms with Crippen LogP contribution in [0.5, 0.6) is 0 Å². The van der Waals surface area contributed by atoms with Crippen LogP contribution >= 0.6 is 0 Å². The van der Waals surface area contributed by atoms with E-state index in [1.165, 1.54) is 22.0 Å². The first-order valence-electron chi connectivity index (χ1n) is 16.5. The topological polar surface area (TPSA) is 136 Å². The highest BCUT2D eigenvalue weighted by molar-refractivity contribution is 5.92. The lowest BCUT2D eigenvalue weighted by atomic mass is 9.87. The van der Waals surface area contributed by atoms with Gasteiger partial charge in [-0.25, -0.2) is 0 Å². The number of halogens is 3. The number of nitrogens with two attached hydrogens (primary N) is 1. The van der Waals surface area contributed by atoms with Crippen LogP contribution in [0.4, 0.5) is 13.2 Å². The number of primary amides is 1. The first kappa shape index (κ1) is 33.8. The number of benzene rings is 1. The van der Waals surface area contributed by atoms with E-state index in [1.807, 2.05) is 24.3 Å². The van der Waals surface area contributed by atoms with Gasteiger partial charge in [-0.15, -0.1) is 0 Å². The van der Waals surface area contributed by atoms with Crippen LogP contribution in [0.2, 0.25) is 0 Å². The molecule has 1 aliphatic heterocycles. The largest absolute Gasteiger partial charge is 0.435 e. The molecule has 0 radical (unpaired) electrons. The van der Waals surface area contributed by atoms with Crippen LogP contribution in [0, 0.1) is 0 Å². The Morgan fingerprint density at radius 3 is 2.27 bits per heavy atom. The number of amides is 3. The molecule has 256 valence electrons. The van der Waals surface area contributed by atoms with E-state index in [1.54, 1.807) is 29.3 Å². The summed E-state index contributed by atoms with van der Waals surface area (Å²) < 4.78 is 40.9. The normalized spacial score (nSPS) is 17.8. The van der Waals surface area contributed by atoms with E-state index in [4.69, 9.17) is 5.73 Å². The van der Waals surface area contributed by atoms with E-state index in [2.05, 4.69) is 32.5 Å². The molecule has 0 bridgehead atoms. The molecule has 0 spiro atoms. The van der Waals surface area contributed by atoms with Crippen molar-refractivity contribution in [3.8, 4) is 0 Å². The summed E-state index contributed by atoms with van der Waals surface area (Å²) in [5.41, 5.74) is 8.61. The number of fused-ring (bicyclic) bond motifs is 1. The van der Waals surface area contributed by atoms with Gasteiger partial charge in [0.1, 0.15) is 17.9 Å². The van der Waals surface area contributed by atoms with Gasteiger partial charge in [0, 0.05) is 37.1 Å². The smallest absolute Gasteiger partial charge is 0.364 e. The minimum atomic E-state index is -4.53. The van der Waals surface area contributed by atoms with Crippen molar-refractivity contribution in [2.24, 2.45) is 5.73 Å². The van der Waals surface area contributed by atoms with Crippen LogP contribution in [0.15, 0.2) is 73.1 Å². The lowest BCUT2D eigenvalue weighted by Gasteiger charge is -2.32. The summed E-state index contributed by atoms with van der Waals surface area (Å²) in [7, 11) is 0. The molecule has 1 aromatic carbocycles. The average molecular weight is 674 g/mol. The van der Waals surface area contributed by atoms with Crippen LogP contribution in [0.1, 0.15) is 105 Å². The van der Waals surface area contributed by atoms with Gasteiger partial charge in [0.2, 0.25) is 5.91 Å². The van der Waals surface area contributed by atoms with Gasteiger partial charge in [0.25, 0.3) is 11.8 Å². The third-order valence-electron chi connectivity index (χ3n) is 9.31. The molecule has 10 nitrogen and oxygen atoms in total. The van der Waals surface area contributed by atoms with Crippen molar-refractivity contribution in [3.63, 3.8) is 0 Å². The van der Waals surface area contributed by atoms with E-state index < -0.39 is 17.8 Å². The van der Waals surface area contributed by atoms with Crippen molar-refractivity contribution in [1.82, 2.24) is 30.0 Å². The number of aryl methyl sites for hydroxylation is 1. The summed E-state index contributed by atoms with van der Waals surface area (Å²) in [4.78, 5) is 46.2. The maximum Gasteiger partial charge on any atom is 0.435 e. The Kier molecular flexibility index (Phi) is 10.1. The molecule has 2 aliphatic carbocycles. The molecule has 1 atom stereocenters. The highest BCUT2D eigenvalue weighted by Gasteiger charge is 2.38. The van der Waals surface area contributed by atoms with E-state index in [9.17, 15) is 27.6 Å². The molecule has 2 fully saturated rings. The number of rotatable bonds is 7. The van der Waals surface area contributed by atoms with E-state index in [0.29, 0.717) is 43.0 Å². The van der Waals surface area contributed by atoms with Gasteiger partial charge in [-0.3, -0.25) is 29.0 Å². The number of likely N-dealkylation sites (tertiary alicyclic amines) is 1. The number of piperidine rings is 1. The Balaban J connectivity index is 0.000000403. The van der Waals surface area contributed by atoms with Gasteiger partial charge < -0.3 is 16.0 Å². The second-order valence-corrected chi connectivity index (χ2v) is 12.7. The van der Waals surface area contributed by atoms with E-state index in [-0.39, 0.29) is 36.2 Å². The Bertz CT molecular complexity index is 1800. The number of carbonyl (C=O) groups is 3. The second-order valence-electron chi connectivity index (χ2n) is 12.7. The Morgan fingerprint density at radius 1 is 0.857 bits per heavy atom. The number of aromatic nitrogens is 4. The summed E-state index contributed by atoms with van der Waals surface area (Å²) in [5.74, 6) is -0.693. The first-order valence-corrected chi connectivity index (χ1v) is 16.5. The number of hydrogen-bond donors (Lipinski definition) is 2. The van der Waals surface area contributed by atoms with E-state index in [0.717, 1.165) is 43.7 Å². The Morgan fingerprint density at radius 2 is 1.59 bits per heavy atom. The fraction of sp³-hybridized carbons (Fsp3) is 0.389. The van der Waals surface area contributed by atoms with Crippen molar-refractivity contribution >= 4 is 17.7 Å².